The topological polar surface area (TPSA) is 69.7 Å². The second kappa shape index (κ2) is 8.43. The first kappa shape index (κ1) is 19.2. The second-order valence-corrected chi connectivity index (χ2v) is 7.38. The second-order valence-electron chi connectivity index (χ2n) is 7.38. The SMILES string of the molecule is CC(C)C[C@H](C)NCCN(C)c1ccc(F)c(-c2[nH]nc3ncccc23)n1. The van der Waals surface area contributed by atoms with Crippen LogP contribution < -0.4 is 10.2 Å². The Labute approximate surface area is 159 Å². The zero-order valence-corrected chi connectivity index (χ0v) is 16.3. The number of H-pyrrole nitrogens is 1. The molecule has 3 heterocycles. The summed E-state index contributed by atoms with van der Waals surface area (Å²) >= 11 is 0. The monoisotopic (exact) mass is 370 g/mol. The van der Waals surface area contributed by atoms with Gasteiger partial charge in [0.1, 0.15) is 11.5 Å². The summed E-state index contributed by atoms with van der Waals surface area (Å²) in [6.45, 7) is 8.28. The number of hydrogen-bond donors (Lipinski definition) is 2. The molecule has 144 valence electrons. The van der Waals surface area contributed by atoms with Crippen molar-refractivity contribution in [2.75, 3.05) is 25.0 Å². The summed E-state index contributed by atoms with van der Waals surface area (Å²) < 4.78 is 14.4. The molecule has 0 unspecified atom stereocenters. The number of aromatic amines is 1. The van der Waals surface area contributed by atoms with Gasteiger partial charge in [0, 0.05) is 37.8 Å². The smallest absolute Gasteiger partial charge is 0.181 e. The van der Waals surface area contributed by atoms with Gasteiger partial charge in [0.2, 0.25) is 0 Å². The predicted octanol–water partition coefficient (Wildman–Crippen LogP) is 3.62. The number of anilines is 1. The third-order valence-corrected chi connectivity index (χ3v) is 4.55. The van der Waals surface area contributed by atoms with Gasteiger partial charge in [-0.1, -0.05) is 13.8 Å². The minimum Gasteiger partial charge on any atom is -0.358 e. The molecule has 0 radical (unpaired) electrons. The van der Waals surface area contributed by atoms with Crippen LogP contribution in [0.4, 0.5) is 10.2 Å². The summed E-state index contributed by atoms with van der Waals surface area (Å²) in [5.41, 5.74) is 1.36. The Morgan fingerprint density at radius 2 is 2.04 bits per heavy atom. The van der Waals surface area contributed by atoms with Crippen molar-refractivity contribution in [1.82, 2.24) is 25.5 Å². The number of rotatable bonds is 8. The van der Waals surface area contributed by atoms with Crippen LogP contribution in [0.2, 0.25) is 0 Å². The van der Waals surface area contributed by atoms with E-state index in [0.717, 1.165) is 30.7 Å². The minimum atomic E-state index is -0.384. The van der Waals surface area contributed by atoms with Crippen LogP contribution in [0.5, 0.6) is 0 Å². The van der Waals surface area contributed by atoms with E-state index in [9.17, 15) is 4.39 Å². The van der Waals surface area contributed by atoms with Crippen LogP contribution in [-0.2, 0) is 0 Å². The Hall–Kier alpha value is -2.54. The van der Waals surface area contributed by atoms with Crippen LogP contribution >= 0.6 is 0 Å². The Morgan fingerprint density at radius 3 is 2.81 bits per heavy atom. The van der Waals surface area contributed by atoms with Gasteiger partial charge in [0.25, 0.3) is 0 Å². The molecule has 3 aromatic heterocycles. The van der Waals surface area contributed by atoms with Crippen molar-refractivity contribution in [3.8, 4) is 11.4 Å². The molecule has 7 heteroatoms. The van der Waals surface area contributed by atoms with Crippen molar-refractivity contribution < 1.29 is 4.39 Å². The molecular formula is C20H27FN6. The maximum Gasteiger partial charge on any atom is 0.181 e. The summed E-state index contributed by atoms with van der Waals surface area (Å²) in [6, 6.07) is 7.29. The van der Waals surface area contributed by atoms with E-state index in [-0.39, 0.29) is 11.5 Å². The van der Waals surface area contributed by atoms with Crippen molar-refractivity contribution in [3.05, 3.63) is 36.3 Å². The van der Waals surface area contributed by atoms with Gasteiger partial charge >= 0.3 is 0 Å². The van der Waals surface area contributed by atoms with Gasteiger partial charge in [-0.3, -0.25) is 5.10 Å². The summed E-state index contributed by atoms with van der Waals surface area (Å²) in [6.07, 6.45) is 2.80. The van der Waals surface area contributed by atoms with Gasteiger partial charge in [0.05, 0.1) is 5.69 Å². The minimum absolute atomic E-state index is 0.260. The van der Waals surface area contributed by atoms with Crippen LogP contribution in [-0.4, -0.2) is 46.3 Å². The molecule has 0 bridgehead atoms. The fourth-order valence-corrected chi connectivity index (χ4v) is 3.23. The Bertz CT molecular complexity index is 891. The van der Waals surface area contributed by atoms with Gasteiger partial charge in [-0.2, -0.15) is 5.10 Å². The van der Waals surface area contributed by atoms with Crippen molar-refractivity contribution in [2.45, 2.75) is 33.2 Å². The molecule has 2 N–H and O–H groups in total. The average Bonchev–Trinajstić information content (AvgIpc) is 3.05. The van der Waals surface area contributed by atoms with Gasteiger partial charge in [-0.25, -0.2) is 14.4 Å². The normalized spacial score (nSPS) is 12.7. The van der Waals surface area contributed by atoms with E-state index < -0.39 is 0 Å². The number of nitrogens with one attached hydrogen (secondary N) is 2. The summed E-state index contributed by atoms with van der Waals surface area (Å²) in [7, 11) is 1.96. The number of pyridine rings is 2. The fourth-order valence-electron chi connectivity index (χ4n) is 3.23. The van der Waals surface area contributed by atoms with E-state index in [1.54, 1.807) is 18.3 Å². The molecule has 0 aliphatic heterocycles. The molecule has 3 aromatic rings. The van der Waals surface area contributed by atoms with Gasteiger partial charge in [0.15, 0.2) is 11.5 Å². The first-order valence-corrected chi connectivity index (χ1v) is 9.36. The molecule has 1 atom stereocenters. The van der Waals surface area contributed by atoms with Gasteiger partial charge in [-0.05, 0) is 43.5 Å². The standard InChI is InChI=1S/C20H27FN6/c1-13(2)12-14(3)22-10-11-27(4)17-8-7-16(21)19(24-17)18-15-6-5-9-23-20(15)26-25-18/h5-9,13-14,22H,10-12H2,1-4H3,(H,23,25,26)/t14-/m0/s1. The highest BCUT2D eigenvalue weighted by atomic mass is 19.1. The molecule has 0 saturated heterocycles. The quantitative estimate of drug-likeness (QED) is 0.634. The average molecular weight is 370 g/mol. The highest BCUT2D eigenvalue weighted by Crippen LogP contribution is 2.27. The van der Waals surface area contributed by atoms with E-state index in [4.69, 9.17) is 0 Å². The molecule has 0 spiro atoms. The number of likely N-dealkylation sites (N-methyl/N-ethyl adjacent to an activating group) is 1. The largest absolute Gasteiger partial charge is 0.358 e. The van der Waals surface area contributed by atoms with E-state index in [0.29, 0.717) is 23.3 Å². The molecule has 0 aromatic carbocycles. The predicted molar refractivity (Wildman–Crippen MR) is 107 cm³/mol. The molecule has 0 aliphatic rings. The Balaban J connectivity index is 1.73. The molecule has 0 saturated carbocycles. The molecule has 0 fully saturated rings. The fraction of sp³-hybridized carbons (Fsp3) is 0.450. The first-order chi connectivity index (χ1) is 13.0. The Morgan fingerprint density at radius 1 is 1.22 bits per heavy atom. The van der Waals surface area contributed by atoms with Crippen molar-refractivity contribution in [1.29, 1.82) is 0 Å². The zero-order chi connectivity index (χ0) is 19.4. The highest BCUT2D eigenvalue weighted by molar-refractivity contribution is 5.89. The van der Waals surface area contributed by atoms with Crippen LogP contribution in [0.25, 0.3) is 22.4 Å². The number of halogens is 1. The number of fused-ring (bicyclic) bond motifs is 1. The molecule has 0 aliphatic carbocycles. The van der Waals surface area contributed by atoms with Gasteiger partial charge < -0.3 is 10.2 Å². The van der Waals surface area contributed by atoms with Crippen molar-refractivity contribution in [2.24, 2.45) is 5.92 Å². The Kier molecular flexibility index (Phi) is 6.01. The molecular weight excluding hydrogens is 343 g/mol. The number of nitrogens with zero attached hydrogens (tertiary/aromatic N) is 4. The molecule has 0 amide bonds. The van der Waals surface area contributed by atoms with Crippen LogP contribution in [0.1, 0.15) is 27.2 Å². The van der Waals surface area contributed by atoms with Crippen LogP contribution in [0.3, 0.4) is 0 Å². The van der Waals surface area contributed by atoms with E-state index in [1.165, 1.54) is 6.07 Å². The number of hydrogen-bond acceptors (Lipinski definition) is 5. The highest BCUT2D eigenvalue weighted by Gasteiger charge is 2.16. The number of aromatic nitrogens is 4. The summed E-state index contributed by atoms with van der Waals surface area (Å²) in [5.74, 6) is 1.01. The van der Waals surface area contributed by atoms with Gasteiger partial charge in [-0.15, -0.1) is 0 Å². The maximum absolute atomic E-state index is 14.4. The molecule has 27 heavy (non-hydrogen) atoms. The van der Waals surface area contributed by atoms with E-state index >= 15 is 0 Å². The van der Waals surface area contributed by atoms with E-state index in [2.05, 4.69) is 46.3 Å². The van der Waals surface area contributed by atoms with Crippen LogP contribution in [0.15, 0.2) is 30.5 Å². The first-order valence-electron chi connectivity index (χ1n) is 9.36. The lowest BCUT2D eigenvalue weighted by molar-refractivity contribution is 0.445. The van der Waals surface area contributed by atoms with Crippen molar-refractivity contribution in [3.63, 3.8) is 0 Å². The lowest BCUT2D eigenvalue weighted by atomic mass is 10.1. The zero-order valence-electron chi connectivity index (χ0n) is 16.3. The molecule has 6 nitrogen and oxygen atoms in total. The van der Waals surface area contributed by atoms with E-state index in [1.807, 2.05) is 18.0 Å². The lowest BCUT2D eigenvalue weighted by Crippen LogP contribution is -2.35. The third kappa shape index (κ3) is 4.60. The summed E-state index contributed by atoms with van der Waals surface area (Å²) in [5, 5.41) is 11.3. The summed E-state index contributed by atoms with van der Waals surface area (Å²) in [4.78, 5) is 10.7. The third-order valence-electron chi connectivity index (χ3n) is 4.55. The maximum atomic E-state index is 14.4. The lowest BCUT2D eigenvalue weighted by Gasteiger charge is -2.21. The molecule has 3 rings (SSSR count). The van der Waals surface area contributed by atoms with Crippen LogP contribution in [0, 0.1) is 11.7 Å². The van der Waals surface area contributed by atoms with Crippen molar-refractivity contribution >= 4 is 16.9 Å².